The predicted molar refractivity (Wildman–Crippen MR) is 55.4 cm³/mol. The SMILES string of the molecule is COC(=O)c1cc(O)c(O)c(OC)c1Br. The van der Waals surface area contributed by atoms with Crippen LogP contribution in [-0.4, -0.2) is 30.4 Å². The summed E-state index contributed by atoms with van der Waals surface area (Å²) in [6.07, 6.45) is 0. The molecule has 0 bridgehead atoms. The zero-order chi connectivity index (χ0) is 11.6. The standard InChI is InChI=1S/C9H9BrO5/c1-14-8-6(10)4(9(13)15-2)3-5(11)7(8)12/h3,11-12H,1-2H3. The van der Waals surface area contributed by atoms with Gasteiger partial charge in [0.05, 0.1) is 24.3 Å². The maximum atomic E-state index is 11.3. The van der Waals surface area contributed by atoms with E-state index in [1.165, 1.54) is 14.2 Å². The Hall–Kier alpha value is -1.43. The molecular formula is C9H9BrO5. The highest BCUT2D eigenvalue weighted by Gasteiger charge is 2.21. The zero-order valence-electron chi connectivity index (χ0n) is 8.07. The lowest BCUT2D eigenvalue weighted by atomic mass is 10.2. The minimum Gasteiger partial charge on any atom is -0.504 e. The number of methoxy groups -OCH3 is 2. The van der Waals surface area contributed by atoms with Gasteiger partial charge in [0.2, 0.25) is 5.75 Å². The molecule has 0 aliphatic rings. The third kappa shape index (κ3) is 1.99. The van der Waals surface area contributed by atoms with Gasteiger partial charge in [0.25, 0.3) is 0 Å². The quantitative estimate of drug-likeness (QED) is 0.635. The molecule has 0 radical (unpaired) electrons. The average molecular weight is 277 g/mol. The van der Waals surface area contributed by atoms with Gasteiger partial charge in [0.15, 0.2) is 11.5 Å². The van der Waals surface area contributed by atoms with Gasteiger partial charge in [0.1, 0.15) is 0 Å². The van der Waals surface area contributed by atoms with Gasteiger partial charge in [-0.2, -0.15) is 0 Å². The lowest BCUT2D eigenvalue weighted by molar-refractivity contribution is 0.0598. The number of rotatable bonds is 2. The van der Waals surface area contributed by atoms with Crippen LogP contribution in [-0.2, 0) is 4.74 Å². The molecule has 0 heterocycles. The molecule has 1 rings (SSSR count). The lowest BCUT2D eigenvalue weighted by Crippen LogP contribution is -2.03. The largest absolute Gasteiger partial charge is 0.504 e. The third-order valence-corrected chi connectivity index (χ3v) is 2.57. The van der Waals surface area contributed by atoms with E-state index in [4.69, 9.17) is 4.74 Å². The summed E-state index contributed by atoms with van der Waals surface area (Å²) in [6, 6.07) is 1.09. The van der Waals surface area contributed by atoms with Crippen molar-refractivity contribution >= 4 is 21.9 Å². The summed E-state index contributed by atoms with van der Waals surface area (Å²) in [5.41, 5.74) is 0.0738. The Balaban J connectivity index is 3.43. The van der Waals surface area contributed by atoms with Gasteiger partial charge in [0, 0.05) is 0 Å². The number of carbonyl (C=O) groups excluding carboxylic acids is 1. The maximum absolute atomic E-state index is 11.3. The van der Waals surface area contributed by atoms with Crippen molar-refractivity contribution in [2.24, 2.45) is 0 Å². The molecule has 1 aromatic rings. The number of phenols is 2. The zero-order valence-corrected chi connectivity index (χ0v) is 9.66. The van der Waals surface area contributed by atoms with Crippen LogP contribution in [0.2, 0.25) is 0 Å². The summed E-state index contributed by atoms with van der Waals surface area (Å²) >= 11 is 3.07. The van der Waals surface area contributed by atoms with Crippen LogP contribution in [0.25, 0.3) is 0 Å². The number of ether oxygens (including phenoxy) is 2. The first kappa shape index (κ1) is 11.6. The monoisotopic (exact) mass is 276 g/mol. The van der Waals surface area contributed by atoms with Gasteiger partial charge in [-0.3, -0.25) is 0 Å². The van der Waals surface area contributed by atoms with Gasteiger partial charge in [-0.15, -0.1) is 0 Å². The Morgan fingerprint density at radius 2 is 2.00 bits per heavy atom. The fourth-order valence-corrected chi connectivity index (χ4v) is 1.68. The number of hydrogen-bond donors (Lipinski definition) is 2. The normalized spacial score (nSPS) is 9.80. The predicted octanol–water partition coefficient (Wildman–Crippen LogP) is 1.66. The molecule has 0 aliphatic carbocycles. The molecule has 0 saturated heterocycles. The fourth-order valence-electron chi connectivity index (χ4n) is 1.06. The van der Waals surface area contributed by atoms with Crippen LogP contribution in [0.5, 0.6) is 17.2 Å². The van der Waals surface area contributed by atoms with Crippen molar-refractivity contribution in [1.29, 1.82) is 0 Å². The molecule has 0 atom stereocenters. The summed E-state index contributed by atoms with van der Waals surface area (Å²) < 4.78 is 9.55. The number of benzene rings is 1. The van der Waals surface area contributed by atoms with Crippen molar-refractivity contribution in [3.05, 3.63) is 16.1 Å². The smallest absolute Gasteiger partial charge is 0.339 e. The summed E-state index contributed by atoms with van der Waals surface area (Å²) in [4.78, 5) is 11.3. The highest BCUT2D eigenvalue weighted by molar-refractivity contribution is 9.10. The molecule has 0 amide bonds. The Bertz CT molecular complexity index is 402. The van der Waals surface area contributed by atoms with E-state index >= 15 is 0 Å². The summed E-state index contributed by atoms with van der Waals surface area (Å²) in [5, 5.41) is 18.7. The first-order valence-electron chi connectivity index (χ1n) is 3.89. The molecule has 82 valence electrons. The topological polar surface area (TPSA) is 76.0 Å². The molecule has 0 unspecified atom stereocenters. The second kappa shape index (κ2) is 4.39. The van der Waals surface area contributed by atoms with Crippen molar-refractivity contribution in [3.63, 3.8) is 0 Å². The van der Waals surface area contributed by atoms with Crippen molar-refractivity contribution in [2.75, 3.05) is 14.2 Å². The van der Waals surface area contributed by atoms with E-state index in [1.54, 1.807) is 0 Å². The van der Waals surface area contributed by atoms with Crippen LogP contribution in [0.3, 0.4) is 0 Å². The number of aromatic hydroxyl groups is 2. The van der Waals surface area contributed by atoms with E-state index in [1.807, 2.05) is 0 Å². The highest BCUT2D eigenvalue weighted by atomic mass is 79.9. The summed E-state index contributed by atoms with van der Waals surface area (Å²) in [7, 11) is 2.52. The van der Waals surface area contributed by atoms with Crippen LogP contribution in [0.4, 0.5) is 0 Å². The Labute approximate surface area is 94.4 Å². The van der Waals surface area contributed by atoms with E-state index in [2.05, 4.69) is 20.7 Å². The van der Waals surface area contributed by atoms with E-state index in [0.717, 1.165) is 6.07 Å². The maximum Gasteiger partial charge on any atom is 0.339 e. The van der Waals surface area contributed by atoms with E-state index in [9.17, 15) is 15.0 Å². The van der Waals surface area contributed by atoms with E-state index in [-0.39, 0.29) is 15.8 Å². The van der Waals surface area contributed by atoms with Gasteiger partial charge in [-0.05, 0) is 22.0 Å². The molecule has 0 aromatic heterocycles. The summed E-state index contributed by atoms with van der Waals surface area (Å²) in [5.74, 6) is -1.54. The van der Waals surface area contributed by atoms with Crippen LogP contribution in [0, 0.1) is 0 Å². The van der Waals surface area contributed by atoms with Gasteiger partial charge >= 0.3 is 5.97 Å². The van der Waals surface area contributed by atoms with Crippen molar-refractivity contribution in [1.82, 2.24) is 0 Å². The molecule has 2 N–H and O–H groups in total. The molecule has 1 aromatic carbocycles. The minimum atomic E-state index is -0.643. The second-order valence-electron chi connectivity index (χ2n) is 2.63. The first-order chi connectivity index (χ1) is 7.02. The first-order valence-corrected chi connectivity index (χ1v) is 4.69. The number of carbonyl (C=O) groups is 1. The number of esters is 1. The molecular weight excluding hydrogens is 268 g/mol. The Kier molecular flexibility index (Phi) is 3.41. The van der Waals surface area contributed by atoms with Crippen molar-refractivity contribution in [3.8, 4) is 17.2 Å². The second-order valence-corrected chi connectivity index (χ2v) is 3.42. The van der Waals surface area contributed by atoms with Gasteiger partial charge < -0.3 is 19.7 Å². The van der Waals surface area contributed by atoms with Crippen LogP contribution < -0.4 is 4.74 Å². The molecule has 0 fully saturated rings. The van der Waals surface area contributed by atoms with Gasteiger partial charge in [-0.1, -0.05) is 0 Å². The fraction of sp³-hybridized carbons (Fsp3) is 0.222. The van der Waals surface area contributed by atoms with E-state index in [0.29, 0.717) is 0 Å². The molecule has 15 heavy (non-hydrogen) atoms. The lowest BCUT2D eigenvalue weighted by Gasteiger charge is -2.10. The van der Waals surface area contributed by atoms with Crippen molar-refractivity contribution in [2.45, 2.75) is 0 Å². The highest BCUT2D eigenvalue weighted by Crippen LogP contribution is 2.43. The minimum absolute atomic E-state index is 0.0181. The van der Waals surface area contributed by atoms with Crippen LogP contribution >= 0.6 is 15.9 Å². The summed E-state index contributed by atoms with van der Waals surface area (Å²) in [6.45, 7) is 0. The molecule has 0 aliphatic heterocycles. The third-order valence-electron chi connectivity index (χ3n) is 1.78. The molecule has 5 nitrogen and oxygen atoms in total. The number of hydrogen-bond acceptors (Lipinski definition) is 5. The van der Waals surface area contributed by atoms with Crippen molar-refractivity contribution < 1.29 is 24.5 Å². The molecule has 6 heteroatoms. The van der Waals surface area contributed by atoms with Crippen LogP contribution in [0.15, 0.2) is 10.5 Å². The molecule has 0 spiro atoms. The van der Waals surface area contributed by atoms with Gasteiger partial charge in [-0.25, -0.2) is 4.79 Å². The Morgan fingerprint density at radius 3 is 2.47 bits per heavy atom. The van der Waals surface area contributed by atoms with Crippen LogP contribution in [0.1, 0.15) is 10.4 Å². The number of halogens is 1. The average Bonchev–Trinajstić information content (AvgIpc) is 2.23. The molecule has 0 saturated carbocycles. The number of phenolic OH excluding ortho intramolecular Hbond substituents is 2. The van der Waals surface area contributed by atoms with E-state index < -0.39 is 17.5 Å². The Morgan fingerprint density at radius 1 is 1.40 bits per heavy atom.